The van der Waals surface area contributed by atoms with Gasteiger partial charge < -0.3 is 13.9 Å². The molecule has 3 aromatic rings. The lowest BCUT2D eigenvalue weighted by Gasteiger charge is -2.00. The monoisotopic (exact) mass is 324 g/mol. The van der Waals surface area contributed by atoms with Gasteiger partial charge in [0.05, 0.1) is 19.3 Å². The molecule has 0 aliphatic rings. The van der Waals surface area contributed by atoms with Crippen LogP contribution in [0.4, 0.5) is 0 Å². The lowest BCUT2D eigenvalue weighted by Crippen LogP contribution is -2.03. The van der Waals surface area contributed by atoms with Crippen LogP contribution in [-0.2, 0) is 4.74 Å². The molecular weight excluding hydrogens is 308 g/mol. The molecule has 0 atom stereocenters. The van der Waals surface area contributed by atoms with Crippen LogP contribution in [0.3, 0.4) is 0 Å². The van der Waals surface area contributed by atoms with E-state index in [0.29, 0.717) is 34.5 Å². The fourth-order valence-electron chi connectivity index (χ4n) is 2.38. The van der Waals surface area contributed by atoms with E-state index in [9.17, 15) is 9.59 Å². The van der Waals surface area contributed by atoms with Gasteiger partial charge in [0, 0.05) is 10.9 Å². The Morgan fingerprint density at radius 3 is 2.38 bits per heavy atom. The summed E-state index contributed by atoms with van der Waals surface area (Å²) in [7, 11) is 1.57. The molecule has 1 aromatic heterocycles. The van der Waals surface area contributed by atoms with Crippen LogP contribution in [0.1, 0.15) is 33.4 Å². The first-order chi connectivity index (χ1) is 11.6. The number of carbonyl (C=O) groups is 2. The van der Waals surface area contributed by atoms with Gasteiger partial charge in [-0.1, -0.05) is 0 Å². The van der Waals surface area contributed by atoms with Crippen LogP contribution >= 0.6 is 0 Å². The van der Waals surface area contributed by atoms with Crippen LogP contribution in [0.25, 0.3) is 11.0 Å². The average Bonchev–Trinajstić information content (AvgIpc) is 3.04. The molecule has 0 fully saturated rings. The summed E-state index contributed by atoms with van der Waals surface area (Å²) in [5, 5.41) is 0.678. The predicted octanol–water partition coefficient (Wildman–Crippen LogP) is 3.85. The molecule has 0 spiro atoms. The van der Waals surface area contributed by atoms with Crippen molar-refractivity contribution < 1.29 is 23.5 Å². The first-order valence-corrected chi connectivity index (χ1v) is 7.52. The van der Waals surface area contributed by atoms with Crippen LogP contribution in [0.2, 0.25) is 0 Å². The highest BCUT2D eigenvalue weighted by atomic mass is 16.5. The van der Waals surface area contributed by atoms with E-state index in [4.69, 9.17) is 13.9 Å². The van der Waals surface area contributed by atoms with Gasteiger partial charge in [-0.05, 0) is 55.5 Å². The van der Waals surface area contributed by atoms with Crippen LogP contribution in [0, 0.1) is 0 Å². The minimum Gasteiger partial charge on any atom is -0.497 e. The van der Waals surface area contributed by atoms with Crippen LogP contribution in [0.5, 0.6) is 5.75 Å². The molecule has 0 radical (unpaired) electrons. The first kappa shape index (κ1) is 15.8. The molecule has 0 unspecified atom stereocenters. The molecular formula is C19H16O5. The molecule has 5 nitrogen and oxygen atoms in total. The fourth-order valence-corrected chi connectivity index (χ4v) is 2.38. The number of rotatable bonds is 5. The van der Waals surface area contributed by atoms with Crippen molar-refractivity contribution in [2.75, 3.05) is 13.7 Å². The number of ether oxygens (including phenoxy) is 2. The maximum absolute atomic E-state index is 12.5. The fraction of sp³-hybridized carbons (Fsp3) is 0.158. The zero-order chi connectivity index (χ0) is 17.1. The Balaban J connectivity index is 1.91. The standard InChI is InChI=1S/C19H16O5/c1-3-23-19(21)13-6-9-16-14(10-13)11-17(24-16)18(20)12-4-7-15(22-2)8-5-12/h4-11H,3H2,1-2H3. The van der Waals surface area contributed by atoms with Crippen molar-refractivity contribution >= 4 is 22.7 Å². The van der Waals surface area contributed by atoms with Gasteiger partial charge in [-0.15, -0.1) is 0 Å². The summed E-state index contributed by atoms with van der Waals surface area (Å²) in [6.07, 6.45) is 0. The van der Waals surface area contributed by atoms with Crippen molar-refractivity contribution in [3.8, 4) is 5.75 Å². The summed E-state index contributed by atoms with van der Waals surface area (Å²) in [6, 6.07) is 13.4. The Kier molecular flexibility index (Phi) is 4.33. The van der Waals surface area contributed by atoms with Crippen molar-refractivity contribution in [2.24, 2.45) is 0 Å². The smallest absolute Gasteiger partial charge is 0.338 e. The van der Waals surface area contributed by atoms with Crippen molar-refractivity contribution in [3.63, 3.8) is 0 Å². The Morgan fingerprint density at radius 1 is 1.00 bits per heavy atom. The van der Waals surface area contributed by atoms with E-state index in [1.54, 1.807) is 62.6 Å². The Labute approximate surface area is 138 Å². The van der Waals surface area contributed by atoms with E-state index >= 15 is 0 Å². The number of methoxy groups -OCH3 is 1. The van der Waals surface area contributed by atoms with Gasteiger partial charge in [-0.3, -0.25) is 4.79 Å². The van der Waals surface area contributed by atoms with Crippen molar-refractivity contribution in [1.82, 2.24) is 0 Å². The second-order valence-electron chi connectivity index (χ2n) is 5.14. The molecule has 0 aliphatic carbocycles. The topological polar surface area (TPSA) is 65.7 Å². The SMILES string of the molecule is CCOC(=O)c1ccc2oc(C(=O)c3ccc(OC)cc3)cc2c1. The van der Waals surface area contributed by atoms with Gasteiger partial charge in [-0.25, -0.2) is 4.79 Å². The number of esters is 1. The van der Waals surface area contributed by atoms with Crippen molar-refractivity contribution in [1.29, 1.82) is 0 Å². The van der Waals surface area contributed by atoms with Gasteiger partial charge in [0.1, 0.15) is 11.3 Å². The van der Waals surface area contributed by atoms with Gasteiger partial charge in [-0.2, -0.15) is 0 Å². The zero-order valence-electron chi connectivity index (χ0n) is 13.4. The number of ketones is 1. The Hall–Kier alpha value is -3.08. The quantitative estimate of drug-likeness (QED) is 0.527. The number of hydrogen-bond donors (Lipinski definition) is 0. The maximum Gasteiger partial charge on any atom is 0.338 e. The average molecular weight is 324 g/mol. The van der Waals surface area contributed by atoms with Gasteiger partial charge in [0.2, 0.25) is 5.78 Å². The highest BCUT2D eigenvalue weighted by Crippen LogP contribution is 2.24. The lowest BCUT2D eigenvalue weighted by atomic mass is 10.1. The molecule has 24 heavy (non-hydrogen) atoms. The molecule has 0 aliphatic heterocycles. The maximum atomic E-state index is 12.5. The van der Waals surface area contributed by atoms with E-state index in [1.165, 1.54) is 0 Å². The van der Waals surface area contributed by atoms with Crippen molar-refractivity contribution in [2.45, 2.75) is 6.92 Å². The van der Waals surface area contributed by atoms with Gasteiger partial charge in [0.25, 0.3) is 0 Å². The summed E-state index contributed by atoms with van der Waals surface area (Å²) in [4.78, 5) is 24.3. The number of fused-ring (bicyclic) bond motifs is 1. The van der Waals surface area contributed by atoms with Gasteiger partial charge >= 0.3 is 5.97 Å². The lowest BCUT2D eigenvalue weighted by molar-refractivity contribution is 0.0526. The highest BCUT2D eigenvalue weighted by Gasteiger charge is 2.16. The third kappa shape index (κ3) is 3.01. The Morgan fingerprint density at radius 2 is 1.71 bits per heavy atom. The normalized spacial score (nSPS) is 10.6. The summed E-state index contributed by atoms with van der Waals surface area (Å²) in [5.41, 5.74) is 1.47. The number of hydrogen-bond acceptors (Lipinski definition) is 5. The number of carbonyl (C=O) groups excluding carboxylic acids is 2. The minimum atomic E-state index is -0.399. The molecule has 0 saturated carbocycles. The minimum absolute atomic E-state index is 0.219. The molecule has 3 rings (SSSR count). The van der Waals surface area contributed by atoms with Crippen molar-refractivity contribution in [3.05, 3.63) is 65.4 Å². The predicted molar refractivity (Wildman–Crippen MR) is 88.6 cm³/mol. The molecule has 0 bridgehead atoms. The summed E-state index contributed by atoms with van der Waals surface area (Å²) < 4.78 is 15.7. The van der Waals surface area contributed by atoms with Gasteiger partial charge in [0.15, 0.2) is 5.76 Å². The Bertz CT molecular complexity index is 890. The van der Waals surface area contributed by atoms with Crippen LogP contribution in [-0.4, -0.2) is 25.5 Å². The number of furan rings is 1. The van der Waals surface area contributed by atoms with Crippen LogP contribution < -0.4 is 4.74 Å². The molecule has 1 heterocycles. The molecule has 122 valence electrons. The number of benzene rings is 2. The molecule has 5 heteroatoms. The highest BCUT2D eigenvalue weighted by molar-refractivity contribution is 6.09. The molecule has 0 N–H and O–H groups in total. The third-order valence-electron chi connectivity index (χ3n) is 3.60. The second-order valence-corrected chi connectivity index (χ2v) is 5.14. The zero-order valence-corrected chi connectivity index (χ0v) is 13.4. The molecule has 2 aromatic carbocycles. The summed E-state index contributed by atoms with van der Waals surface area (Å²) in [5.74, 6) is 0.265. The van der Waals surface area contributed by atoms with E-state index in [1.807, 2.05) is 0 Å². The van der Waals surface area contributed by atoms with E-state index in [2.05, 4.69) is 0 Å². The second kappa shape index (κ2) is 6.58. The molecule has 0 saturated heterocycles. The first-order valence-electron chi connectivity index (χ1n) is 7.52. The van der Waals surface area contributed by atoms with E-state index in [0.717, 1.165) is 0 Å². The largest absolute Gasteiger partial charge is 0.497 e. The summed E-state index contributed by atoms with van der Waals surface area (Å²) >= 11 is 0. The van der Waals surface area contributed by atoms with Crippen LogP contribution in [0.15, 0.2) is 52.9 Å². The third-order valence-corrected chi connectivity index (χ3v) is 3.60. The summed E-state index contributed by atoms with van der Waals surface area (Å²) in [6.45, 7) is 2.06. The van der Waals surface area contributed by atoms with E-state index in [-0.39, 0.29) is 11.5 Å². The van der Waals surface area contributed by atoms with E-state index < -0.39 is 5.97 Å². The molecule has 0 amide bonds.